The average molecular weight is 368 g/mol. The number of rotatable bonds is 4. The maximum atomic E-state index is 12.7. The predicted molar refractivity (Wildman–Crippen MR) is 89.6 cm³/mol. The summed E-state index contributed by atoms with van der Waals surface area (Å²) in [6.45, 7) is 4.01. The smallest absolute Gasteiger partial charge is 0.254 e. The Morgan fingerprint density at radius 1 is 1.45 bits per heavy atom. The molecule has 0 spiro atoms. The standard InChI is InChI=1S/C16H22BrN3O2/c1-11-13(5-2-6-14(11)17)16(22)20-9-3-4-12(10-20)15(21)19-8-7-18/h2,5-6,12H,3-4,7-10,18H2,1H3,(H,19,21). The molecule has 22 heavy (non-hydrogen) atoms. The van der Waals surface area contributed by atoms with Gasteiger partial charge in [0.25, 0.3) is 5.91 Å². The van der Waals surface area contributed by atoms with E-state index in [9.17, 15) is 9.59 Å². The van der Waals surface area contributed by atoms with Crippen LogP contribution in [0.5, 0.6) is 0 Å². The van der Waals surface area contributed by atoms with Gasteiger partial charge >= 0.3 is 0 Å². The molecule has 1 aromatic rings. The maximum Gasteiger partial charge on any atom is 0.254 e. The fourth-order valence-corrected chi connectivity index (χ4v) is 3.09. The van der Waals surface area contributed by atoms with Crippen LogP contribution in [0.1, 0.15) is 28.8 Å². The highest BCUT2D eigenvalue weighted by Crippen LogP contribution is 2.23. The van der Waals surface area contributed by atoms with Crippen molar-refractivity contribution in [2.24, 2.45) is 11.7 Å². The maximum absolute atomic E-state index is 12.7. The fraction of sp³-hybridized carbons (Fsp3) is 0.500. The molecule has 0 bridgehead atoms. The third-order valence-corrected chi connectivity index (χ3v) is 4.88. The molecule has 1 unspecified atom stereocenters. The van der Waals surface area contributed by atoms with Crippen molar-refractivity contribution in [1.82, 2.24) is 10.2 Å². The predicted octanol–water partition coefficient (Wildman–Crippen LogP) is 1.68. The summed E-state index contributed by atoms with van der Waals surface area (Å²) in [5.41, 5.74) is 7.03. The summed E-state index contributed by atoms with van der Waals surface area (Å²) in [6.07, 6.45) is 1.66. The number of carbonyl (C=O) groups is 2. The van der Waals surface area contributed by atoms with E-state index in [1.54, 1.807) is 4.90 Å². The van der Waals surface area contributed by atoms with Gasteiger partial charge in [0, 0.05) is 36.2 Å². The SMILES string of the molecule is Cc1c(Br)cccc1C(=O)N1CCCC(C(=O)NCCN)C1. The topological polar surface area (TPSA) is 75.4 Å². The second-order valence-corrected chi connectivity index (χ2v) is 6.44. The Hall–Kier alpha value is -1.40. The molecular formula is C16H22BrN3O2. The van der Waals surface area contributed by atoms with Crippen molar-refractivity contribution in [1.29, 1.82) is 0 Å². The van der Waals surface area contributed by atoms with Crippen LogP contribution in [0.25, 0.3) is 0 Å². The van der Waals surface area contributed by atoms with E-state index < -0.39 is 0 Å². The van der Waals surface area contributed by atoms with Gasteiger partial charge in [-0.25, -0.2) is 0 Å². The Morgan fingerprint density at radius 3 is 2.95 bits per heavy atom. The first-order valence-electron chi connectivity index (χ1n) is 7.56. The fourth-order valence-electron chi connectivity index (χ4n) is 2.72. The normalized spacial score (nSPS) is 18.1. The van der Waals surface area contributed by atoms with Gasteiger partial charge in [-0.3, -0.25) is 9.59 Å². The molecule has 2 amide bonds. The van der Waals surface area contributed by atoms with E-state index in [2.05, 4.69) is 21.2 Å². The van der Waals surface area contributed by atoms with Crippen LogP contribution in [0.15, 0.2) is 22.7 Å². The largest absolute Gasteiger partial charge is 0.355 e. The highest BCUT2D eigenvalue weighted by Gasteiger charge is 2.29. The number of piperidine rings is 1. The first kappa shape index (κ1) is 17.0. The summed E-state index contributed by atoms with van der Waals surface area (Å²) in [4.78, 5) is 26.6. The Balaban J connectivity index is 2.07. The van der Waals surface area contributed by atoms with Crippen LogP contribution in [0.2, 0.25) is 0 Å². The number of benzene rings is 1. The third kappa shape index (κ3) is 3.87. The number of nitrogens with two attached hydrogens (primary N) is 1. The zero-order chi connectivity index (χ0) is 16.1. The molecule has 120 valence electrons. The van der Waals surface area contributed by atoms with Crippen LogP contribution in [0.4, 0.5) is 0 Å². The van der Waals surface area contributed by atoms with Crippen molar-refractivity contribution in [2.75, 3.05) is 26.2 Å². The second-order valence-electron chi connectivity index (χ2n) is 5.58. The average Bonchev–Trinajstić information content (AvgIpc) is 2.54. The van der Waals surface area contributed by atoms with Gasteiger partial charge in [0.1, 0.15) is 0 Å². The van der Waals surface area contributed by atoms with E-state index >= 15 is 0 Å². The number of likely N-dealkylation sites (tertiary alicyclic amines) is 1. The first-order chi connectivity index (χ1) is 10.5. The third-order valence-electron chi connectivity index (χ3n) is 4.02. The Morgan fingerprint density at radius 2 is 2.23 bits per heavy atom. The van der Waals surface area contributed by atoms with Crippen molar-refractivity contribution in [3.05, 3.63) is 33.8 Å². The van der Waals surface area contributed by atoms with Gasteiger partial charge in [0.05, 0.1) is 5.92 Å². The van der Waals surface area contributed by atoms with Crippen molar-refractivity contribution in [3.8, 4) is 0 Å². The first-order valence-corrected chi connectivity index (χ1v) is 8.36. The van der Waals surface area contributed by atoms with E-state index in [1.165, 1.54) is 0 Å². The number of hydrogen-bond acceptors (Lipinski definition) is 3. The number of amides is 2. The molecule has 0 aliphatic carbocycles. The molecule has 0 radical (unpaired) electrons. The van der Waals surface area contributed by atoms with Gasteiger partial charge in [-0.05, 0) is 37.5 Å². The Labute approximate surface area is 139 Å². The van der Waals surface area contributed by atoms with E-state index in [4.69, 9.17) is 5.73 Å². The summed E-state index contributed by atoms with van der Waals surface area (Å²) in [5, 5.41) is 2.81. The lowest BCUT2D eigenvalue weighted by Gasteiger charge is -2.32. The van der Waals surface area contributed by atoms with Gasteiger partial charge in [-0.2, -0.15) is 0 Å². The number of hydrogen-bond donors (Lipinski definition) is 2. The Kier molecular flexibility index (Phi) is 5.97. The number of nitrogens with one attached hydrogen (secondary N) is 1. The van der Waals surface area contributed by atoms with E-state index in [0.29, 0.717) is 31.7 Å². The highest BCUT2D eigenvalue weighted by molar-refractivity contribution is 9.10. The highest BCUT2D eigenvalue weighted by atomic mass is 79.9. The van der Waals surface area contributed by atoms with E-state index in [0.717, 1.165) is 22.9 Å². The number of nitrogens with zero attached hydrogens (tertiary/aromatic N) is 1. The molecular weight excluding hydrogens is 346 g/mol. The molecule has 5 nitrogen and oxygen atoms in total. The molecule has 1 saturated heterocycles. The zero-order valence-electron chi connectivity index (χ0n) is 12.8. The zero-order valence-corrected chi connectivity index (χ0v) is 14.4. The van der Waals surface area contributed by atoms with Crippen molar-refractivity contribution in [2.45, 2.75) is 19.8 Å². The summed E-state index contributed by atoms with van der Waals surface area (Å²) in [5.74, 6) is -0.152. The van der Waals surface area contributed by atoms with Gasteiger partial charge in [0.2, 0.25) is 5.91 Å². The monoisotopic (exact) mass is 367 g/mol. The molecule has 1 aromatic carbocycles. The van der Waals surface area contributed by atoms with Crippen LogP contribution in [0, 0.1) is 12.8 Å². The number of halogens is 1. The molecule has 2 rings (SSSR count). The van der Waals surface area contributed by atoms with Gasteiger partial charge in [0.15, 0.2) is 0 Å². The lowest BCUT2D eigenvalue weighted by atomic mass is 9.96. The molecule has 3 N–H and O–H groups in total. The quantitative estimate of drug-likeness (QED) is 0.849. The molecule has 0 saturated carbocycles. The van der Waals surface area contributed by atoms with Crippen LogP contribution in [-0.4, -0.2) is 42.9 Å². The minimum atomic E-state index is -0.142. The van der Waals surface area contributed by atoms with Crippen LogP contribution < -0.4 is 11.1 Å². The minimum Gasteiger partial charge on any atom is -0.355 e. The minimum absolute atomic E-state index is 0.00451. The lowest BCUT2D eigenvalue weighted by molar-refractivity contribution is -0.126. The number of carbonyl (C=O) groups excluding carboxylic acids is 2. The summed E-state index contributed by atoms with van der Waals surface area (Å²) in [6, 6.07) is 5.62. The molecule has 1 atom stereocenters. The summed E-state index contributed by atoms with van der Waals surface area (Å²) >= 11 is 3.46. The molecule has 1 fully saturated rings. The molecule has 1 aliphatic heterocycles. The second kappa shape index (κ2) is 7.74. The van der Waals surface area contributed by atoms with E-state index in [-0.39, 0.29) is 17.7 Å². The van der Waals surface area contributed by atoms with Gasteiger partial charge in [-0.15, -0.1) is 0 Å². The van der Waals surface area contributed by atoms with Crippen LogP contribution in [0.3, 0.4) is 0 Å². The molecule has 1 heterocycles. The molecule has 0 aromatic heterocycles. The van der Waals surface area contributed by atoms with Crippen LogP contribution >= 0.6 is 15.9 Å². The van der Waals surface area contributed by atoms with Crippen LogP contribution in [-0.2, 0) is 4.79 Å². The summed E-state index contributed by atoms with van der Waals surface area (Å²) < 4.78 is 0.924. The lowest BCUT2D eigenvalue weighted by Crippen LogP contribution is -2.46. The van der Waals surface area contributed by atoms with Gasteiger partial charge < -0.3 is 16.0 Å². The Bertz CT molecular complexity index is 562. The van der Waals surface area contributed by atoms with Crippen molar-refractivity contribution >= 4 is 27.7 Å². The van der Waals surface area contributed by atoms with Crippen molar-refractivity contribution in [3.63, 3.8) is 0 Å². The van der Waals surface area contributed by atoms with E-state index in [1.807, 2.05) is 25.1 Å². The van der Waals surface area contributed by atoms with Crippen molar-refractivity contribution < 1.29 is 9.59 Å². The molecule has 6 heteroatoms. The molecule has 1 aliphatic rings. The summed E-state index contributed by atoms with van der Waals surface area (Å²) in [7, 11) is 0. The van der Waals surface area contributed by atoms with Gasteiger partial charge in [-0.1, -0.05) is 22.0 Å².